The molecule has 0 aliphatic carbocycles. The fraction of sp³-hybridized carbons (Fsp3) is 0.467. The summed E-state index contributed by atoms with van der Waals surface area (Å²) in [5, 5.41) is 8.92. The summed E-state index contributed by atoms with van der Waals surface area (Å²) in [7, 11) is 2.03. The van der Waals surface area contributed by atoms with Crippen LogP contribution in [0.15, 0.2) is 30.3 Å². The fourth-order valence-electron chi connectivity index (χ4n) is 1.89. The summed E-state index contributed by atoms with van der Waals surface area (Å²) in [6.45, 7) is 4.27. The zero-order valence-corrected chi connectivity index (χ0v) is 12.7. The molecule has 2 rings (SSSR count). The van der Waals surface area contributed by atoms with E-state index in [9.17, 15) is 0 Å². The van der Waals surface area contributed by atoms with Gasteiger partial charge in [-0.3, -0.25) is 0 Å². The van der Waals surface area contributed by atoms with Crippen LogP contribution in [0.4, 0.5) is 0 Å². The van der Waals surface area contributed by atoms with E-state index in [0.29, 0.717) is 5.25 Å². The molecular formula is C15H21N3S. The van der Waals surface area contributed by atoms with E-state index in [1.54, 1.807) is 0 Å². The molecule has 1 aromatic heterocycles. The van der Waals surface area contributed by atoms with E-state index in [1.807, 2.05) is 25.7 Å². The molecule has 0 fully saturated rings. The largest absolute Gasteiger partial charge is 0.318 e. The second kappa shape index (κ2) is 6.75. The van der Waals surface area contributed by atoms with Gasteiger partial charge in [-0.2, -0.15) is 11.8 Å². The Morgan fingerprint density at radius 2 is 1.95 bits per heavy atom. The third kappa shape index (κ3) is 4.10. The van der Waals surface area contributed by atoms with E-state index in [2.05, 4.69) is 52.0 Å². The van der Waals surface area contributed by atoms with Crippen LogP contribution in [-0.4, -0.2) is 20.0 Å². The van der Waals surface area contributed by atoms with Gasteiger partial charge in [0.05, 0.1) is 5.75 Å². The normalized spacial score (nSPS) is 12.6. The third-order valence-corrected chi connectivity index (χ3v) is 4.59. The molecule has 0 bridgehead atoms. The SMILES string of the molecule is Cc1nnc(CS[C@H](C)CCc2ccccc2)n1C. The highest BCUT2D eigenvalue weighted by atomic mass is 32.2. The van der Waals surface area contributed by atoms with Crippen molar-refractivity contribution in [2.45, 2.75) is 37.7 Å². The maximum absolute atomic E-state index is 4.20. The predicted molar refractivity (Wildman–Crippen MR) is 81.3 cm³/mol. The smallest absolute Gasteiger partial charge is 0.142 e. The Morgan fingerprint density at radius 3 is 2.58 bits per heavy atom. The molecule has 4 heteroatoms. The Morgan fingerprint density at radius 1 is 1.21 bits per heavy atom. The highest BCUT2D eigenvalue weighted by Gasteiger charge is 2.08. The molecule has 1 heterocycles. The number of aromatic nitrogens is 3. The first-order chi connectivity index (χ1) is 9.16. The van der Waals surface area contributed by atoms with Gasteiger partial charge in [-0.25, -0.2) is 0 Å². The molecule has 0 radical (unpaired) electrons. The minimum atomic E-state index is 0.636. The molecule has 0 aliphatic rings. The molecule has 0 saturated carbocycles. The standard InChI is InChI=1S/C15H21N3S/c1-12(9-10-14-7-5-4-6-8-14)19-11-15-17-16-13(2)18(15)3/h4-8,12H,9-11H2,1-3H3/t12-/m1/s1. The fourth-order valence-corrected chi connectivity index (χ4v) is 2.86. The zero-order valence-electron chi connectivity index (χ0n) is 11.8. The van der Waals surface area contributed by atoms with E-state index in [-0.39, 0.29) is 0 Å². The van der Waals surface area contributed by atoms with E-state index in [4.69, 9.17) is 0 Å². The van der Waals surface area contributed by atoms with Gasteiger partial charge < -0.3 is 4.57 Å². The van der Waals surface area contributed by atoms with E-state index >= 15 is 0 Å². The minimum Gasteiger partial charge on any atom is -0.318 e. The molecule has 19 heavy (non-hydrogen) atoms. The number of thioether (sulfide) groups is 1. The molecular weight excluding hydrogens is 254 g/mol. The summed E-state index contributed by atoms with van der Waals surface area (Å²) in [6.07, 6.45) is 2.35. The molecule has 0 saturated heterocycles. The molecule has 0 amide bonds. The lowest BCUT2D eigenvalue weighted by atomic mass is 10.1. The van der Waals surface area contributed by atoms with Gasteiger partial charge in [-0.1, -0.05) is 37.3 Å². The van der Waals surface area contributed by atoms with E-state index in [1.165, 1.54) is 12.0 Å². The number of hydrogen-bond acceptors (Lipinski definition) is 3. The van der Waals surface area contributed by atoms with Crippen LogP contribution in [0.2, 0.25) is 0 Å². The molecule has 0 aliphatic heterocycles. The lowest BCUT2D eigenvalue weighted by molar-refractivity contribution is 0.798. The maximum atomic E-state index is 4.20. The highest BCUT2D eigenvalue weighted by molar-refractivity contribution is 7.99. The number of rotatable bonds is 6. The van der Waals surface area contributed by atoms with Gasteiger partial charge in [0.2, 0.25) is 0 Å². The van der Waals surface area contributed by atoms with Crippen LogP contribution in [0.5, 0.6) is 0 Å². The van der Waals surface area contributed by atoms with Crippen LogP contribution in [0.1, 0.15) is 30.6 Å². The second-order valence-corrected chi connectivity index (χ2v) is 6.30. The first-order valence-electron chi connectivity index (χ1n) is 6.67. The van der Waals surface area contributed by atoms with Crippen LogP contribution < -0.4 is 0 Å². The zero-order chi connectivity index (χ0) is 13.7. The van der Waals surface area contributed by atoms with Crippen molar-refractivity contribution in [2.75, 3.05) is 0 Å². The van der Waals surface area contributed by atoms with Gasteiger partial charge >= 0.3 is 0 Å². The van der Waals surface area contributed by atoms with Crippen molar-refractivity contribution < 1.29 is 0 Å². The first kappa shape index (κ1) is 14.1. The van der Waals surface area contributed by atoms with Crippen LogP contribution in [0.3, 0.4) is 0 Å². The number of nitrogens with zero attached hydrogens (tertiary/aromatic N) is 3. The Kier molecular flexibility index (Phi) is 5.02. The molecule has 1 aromatic carbocycles. The van der Waals surface area contributed by atoms with Crippen molar-refractivity contribution >= 4 is 11.8 Å². The van der Waals surface area contributed by atoms with Crippen LogP contribution in [0, 0.1) is 6.92 Å². The van der Waals surface area contributed by atoms with Crippen molar-refractivity contribution in [3.63, 3.8) is 0 Å². The molecule has 3 nitrogen and oxygen atoms in total. The number of hydrogen-bond donors (Lipinski definition) is 0. The van der Waals surface area contributed by atoms with E-state index in [0.717, 1.165) is 23.8 Å². The predicted octanol–water partition coefficient (Wildman–Crippen LogP) is 3.38. The van der Waals surface area contributed by atoms with Crippen molar-refractivity contribution in [3.8, 4) is 0 Å². The Hall–Kier alpha value is -1.29. The van der Waals surface area contributed by atoms with E-state index < -0.39 is 0 Å². The molecule has 0 N–H and O–H groups in total. The monoisotopic (exact) mass is 275 g/mol. The van der Waals surface area contributed by atoms with Gasteiger partial charge in [0.1, 0.15) is 11.6 Å². The topological polar surface area (TPSA) is 30.7 Å². The number of benzene rings is 1. The maximum Gasteiger partial charge on any atom is 0.142 e. The third-order valence-electron chi connectivity index (χ3n) is 3.36. The first-order valence-corrected chi connectivity index (χ1v) is 7.72. The quantitative estimate of drug-likeness (QED) is 0.809. The van der Waals surface area contributed by atoms with Crippen molar-refractivity contribution in [2.24, 2.45) is 7.05 Å². The summed E-state index contributed by atoms with van der Waals surface area (Å²) in [5.41, 5.74) is 1.42. The molecule has 0 unspecified atom stereocenters. The summed E-state index contributed by atoms with van der Waals surface area (Å²) >= 11 is 1.95. The van der Waals surface area contributed by atoms with Gasteiger partial charge in [-0.15, -0.1) is 10.2 Å². The van der Waals surface area contributed by atoms with Gasteiger partial charge in [0, 0.05) is 12.3 Å². The van der Waals surface area contributed by atoms with Gasteiger partial charge in [0.25, 0.3) is 0 Å². The van der Waals surface area contributed by atoms with Crippen LogP contribution in [0.25, 0.3) is 0 Å². The van der Waals surface area contributed by atoms with Crippen LogP contribution in [-0.2, 0) is 19.2 Å². The van der Waals surface area contributed by atoms with Gasteiger partial charge in [-0.05, 0) is 25.3 Å². The average Bonchev–Trinajstić information content (AvgIpc) is 2.75. The summed E-state index contributed by atoms with van der Waals surface area (Å²) in [6, 6.07) is 10.7. The highest BCUT2D eigenvalue weighted by Crippen LogP contribution is 2.20. The summed E-state index contributed by atoms with van der Waals surface area (Å²) < 4.78 is 2.07. The van der Waals surface area contributed by atoms with Gasteiger partial charge in [0.15, 0.2) is 0 Å². The van der Waals surface area contributed by atoms with Crippen molar-refractivity contribution in [3.05, 3.63) is 47.5 Å². The average molecular weight is 275 g/mol. The Labute approximate surface area is 119 Å². The lowest BCUT2D eigenvalue weighted by Crippen LogP contribution is -2.03. The van der Waals surface area contributed by atoms with Crippen molar-refractivity contribution in [1.29, 1.82) is 0 Å². The summed E-state index contributed by atoms with van der Waals surface area (Å²) in [5.74, 6) is 2.98. The second-order valence-electron chi connectivity index (χ2n) is 4.87. The Balaban J connectivity index is 1.76. The molecule has 1 atom stereocenters. The molecule has 102 valence electrons. The number of aryl methyl sites for hydroxylation is 2. The summed E-state index contributed by atoms with van der Waals surface area (Å²) in [4.78, 5) is 0. The Bertz CT molecular complexity index is 507. The van der Waals surface area contributed by atoms with Crippen molar-refractivity contribution in [1.82, 2.24) is 14.8 Å². The lowest BCUT2D eigenvalue weighted by Gasteiger charge is -2.10. The van der Waals surface area contributed by atoms with Crippen LogP contribution >= 0.6 is 11.8 Å². The molecule has 0 spiro atoms. The minimum absolute atomic E-state index is 0.636. The molecule has 2 aromatic rings.